The number of carbonyl (C=O) groups is 2. The van der Waals surface area contributed by atoms with Gasteiger partial charge in [-0.15, -0.1) is 13.2 Å². The van der Waals surface area contributed by atoms with Gasteiger partial charge in [-0.25, -0.2) is 0 Å². The second-order valence-corrected chi connectivity index (χ2v) is 8.06. The minimum Gasteiger partial charge on any atom is -0.507 e. The van der Waals surface area contributed by atoms with E-state index in [0.717, 1.165) is 17.0 Å². The maximum absolute atomic E-state index is 13.3. The van der Waals surface area contributed by atoms with Crippen LogP contribution >= 0.6 is 0 Å². The number of Topliss-reactive ketones (excluding diaryl/α,β-unsaturated/α-hetero) is 1. The molecule has 1 fully saturated rings. The number of ketones is 1. The van der Waals surface area contributed by atoms with Gasteiger partial charge in [0, 0.05) is 11.3 Å². The van der Waals surface area contributed by atoms with Crippen molar-refractivity contribution in [3.05, 3.63) is 83.4 Å². The van der Waals surface area contributed by atoms with Crippen LogP contribution in [0.25, 0.3) is 5.76 Å². The van der Waals surface area contributed by atoms with Crippen LogP contribution in [0.3, 0.4) is 0 Å². The molecule has 0 spiro atoms. The van der Waals surface area contributed by atoms with Crippen molar-refractivity contribution in [2.45, 2.75) is 12.4 Å². The molecule has 38 heavy (non-hydrogen) atoms. The van der Waals surface area contributed by atoms with Crippen molar-refractivity contribution >= 4 is 23.1 Å². The van der Waals surface area contributed by atoms with E-state index < -0.39 is 35.6 Å². The number of hydrogen-bond acceptors (Lipinski definition) is 7. The number of hydrogen-bond donors (Lipinski definition) is 1. The third-order valence-corrected chi connectivity index (χ3v) is 5.86. The van der Waals surface area contributed by atoms with Gasteiger partial charge in [-0.05, 0) is 60.2 Å². The van der Waals surface area contributed by atoms with Crippen molar-refractivity contribution in [2.75, 3.05) is 26.2 Å². The van der Waals surface area contributed by atoms with Gasteiger partial charge in [0.25, 0.3) is 11.7 Å². The summed E-state index contributed by atoms with van der Waals surface area (Å²) in [5, 5.41) is 11.3. The van der Waals surface area contributed by atoms with Crippen molar-refractivity contribution in [3.63, 3.8) is 0 Å². The number of ether oxygens (including phenoxy) is 4. The number of amides is 1. The predicted octanol–water partition coefficient (Wildman–Crippen LogP) is 5.24. The summed E-state index contributed by atoms with van der Waals surface area (Å²) in [5.41, 5.74) is 0.482. The second-order valence-electron chi connectivity index (χ2n) is 8.06. The molecule has 0 radical (unpaired) electrons. The normalized spacial score (nSPS) is 16.9. The smallest absolute Gasteiger partial charge is 0.507 e. The molecule has 4 rings (SSSR count). The van der Waals surface area contributed by atoms with Gasteiger partial charge in [-0.2, -0.15) is 0 Å². The number of carbonyl (C=O) groups excluding carboxylic acids is 2. The molecule has 1 amide bonds. The van der Waals surface area contributed by atoms with Crippen LogP contribution in [0.15, 0.2) is 72.3 Å². The lowest BCUT2D eigenvalue weighted by atomic mass is 9.95. The van der Waals surface area contributed by atoms with Gasteiger partial charge in [0.15, 0.2) is 11.5 Å². The number of benzene rings is 3. The summed E-state index contributed by atoms with van der Waals surface area (Å²) in [6, 6.07) is 14.4. The molecule has 3 aromatic rings. The first-order valence-electron chi connectivity index (χ1n) is 11.1. The number of methoxy groups -OCH3 is 3. The van der Waals surface area contributed by atoms with E-state index in [1.54, 1.807) is 24.3 Å². The highest BCUT2D eigenvalue weighted by Crippen LogP contribution is 2.44. The molecule has 1 aliphatic rings. The molecule has 1 saturated heterocycles. The summed E-state index contributed by atoms with van der Waals surface area (Å²) in [4.78, 5) is 27.7. The molecule has 1 aliphatic heterocycles. The summed E-state index contributed by atoms with van der Waals surface area (Å²) in [6.07, 6.45) is -4.90. The van der Waals surface area contributed by atoms with E-state index >= 15 is 0 Å². The molecular weight excluding hydrogens is 507 g/mol. The zero-order valence-electron chi connectivity index (χ0n) is 20.4. The van der Waals surface area contributed by atoms with Gasteiger partial charge in [0.2, 0.25) is 0 Å². The standard InChI is InChI=1S/C27H22F3NO7/c1-35-19-6-4-5-15(13-19)23-22(24(32)16-7-12-20(36-2)21(14-16)37-3)25(33)26(34)31(23)17-8-10-18(11-9-17)38-27(28,29)30/h4-14,23,32H,1-3H3/b24-22-. The average Bonchev–Trinajstić information content (AvgIpc) is 3.17. The van der Waals surface area contributed by atoms with E-state index in [1.807, 2.05) is 0 Å². The number of nitrogens with zero attached hydrogens (tertiary/aromatic N) is 1. The molecule has 3 aromatic carbocycles. The maximum atomic E-state index is 13.3. The molecule has 1 atom stereocenters. The van der Waals surface area contributed by atoms with Crippen molar-refractivity contribution in [3.8, 4) is 23.0 Å². The number of rotatable bonds is 7. The molecule has 1 unspecified atom stereocenters. The fraction of sp³-hybridized carbons (Fsp3) is 0.185. The van der Waals surface area contributed by atoms with Gasteiger partial charge in [0.05, 0.1) is 32.9 Å². The van der Waals surface area contributed by atoms with Crippen LogP contribution < -0.4 is 23.8 Å². The Bertz CT molecular complexity index is 1400. The quantitative estimate of drug-likeness (QED) is 0.254. The zero-order valence-corrected chi connectivity index (χ0v) is 20.4. The zero-order chi connectivity index (χ0) is 27.6. The van der Waals surface area contributed by atoms with Gasteiger partial charge < -0.3 is 24.1 Å². The van der Waals surface area contributed by atoms with Gasteiger partial charge in [0.1, 0.15) is 17.3 Å². The number of anilines is 1. The number of aliphatic hydroxyl groups is 1. The van der Waals surface area contributed by atoms with E-state index in [4.69, 9.17) is 14.2 Å². The van der Waals surface area contributed by atoms with Crippen molar-refractivity contribution in [1.29, 1.82) is 0 Å². The number of alkyl halides is 3. The average molecular weight is 529 g/mol. The molecule has 1 N–H and O–H groups in total. The molecule has 198 valence electrons. The minimum atomic E-state index is -4.90. The summed E-state index contributed by atoms with van der Waals surface area (Å²) >= 11 is 0. The molecule has 11 heteroatoms. The lowest BCUT2D eigenvalue weighted by Crippen LogP contribution is -2.29. The Hall–Kier alpha value is -4.67. The Kier molecular flexibility index (Phi) is 7.20. The van der Waals surface area contributed by atoms with Crippen molar-refractivity contribution in [2.24, 2.45) is 0 Å². The molecule has 0 aliphatic carbocycles. The number of aliphatic hydroxyl groups excluding tert-OH is 1. The molecule has 0 aromatic heterocycles. The predicted molar refractivity (Wildman–Crippen MR) is 130 cm³/mol. The van der Waals surface area contributed by atoms with Gasteiger partial charge in [-0.1, -0.05) is 12.1 Å². The van der Waals surface area contributed by atoms with E-state index in [9.17, 15) is 27.9 Å². The lowest BCUT2D eigenvalue weighted by Gasteiger charge is -2.26. The number of halogens is 3. The molecular formula is C27H22F3NO7. The van der Waals surface area contributed by atoms with Crippen LogP contribution in [0.5, 0.6) is 23.0 Å². The SMILES string of the molecule is COc1cccc(C2/C(=C(/O)c3ccc(OC)c(OC)c3)C(=O)C(=O)N2c2ccc(OC(F)(F)F)cc2)c1. The molecule has 0 bridgehead atoms. The third kappa shape index (κ3) is 5.08. The second kappa shape index (κ2) is 10.4. The van der Waals surface area contributed by atoms with Crippen LogP contribution in [0.2, 0.25) is 0 Å². The largest absolute Gasteiger partial charge is 0.573 e. The van der Waals surface area contributed by atoms with E-state index in [2.05, 4.69) is 4.74 Å². The van der Waals surface area contributed by atoms with Crippen molar-refractivity contribution in [1.82, 2.24) is 0 Å². The first-order valence-corrected chi connectivity index (χ1v) is 11.1. The third-order valence-electron chi connectivity index (χ3n) is 5.86. The topological polar surface area (TPSA) is 94.5 Å². The Morgan fingerprint density at radius 2 is 1.53 bits per heavy atom. The first kappa shape index (κ1) is 26.4. The van der Waals surface area contributed by atoms with E-state index in [0.29, 0.717) is 17.1 Å². The summed E-state index contributed by atoms with van der Waals surface area (Å²) in [6.45, 7) is 0. The van der Waals surface area contributed by atoms with E-state index in [1.165, 1.54) is 51.7 Å². The Morgan fingerprint density at radius 3 is 2.13 bits per heavy atom. The van der Waals surface area contributed by atoms with Crippen molar-refractivity contribution < 1.29 is 46.8 Å². The van der Waals surface area contributed by atoms with E-state index in [-0.39, 0.29) is 22.6 Å². The molecule has 8 nitrogen and oxygen atoms in total. The van der Waals surface area contributed by atoms with Crippen LogP contribution in [-0.4, -0.2) is 44.5 Å². The van der Waals surface area contributed by atoms with Crippen LogP contribution in [-0.2, 0) is 9.59 Å². The van der Waals surface area contributed by atoms with Gasteiger partial charge >= 0.3 is 6.36 Å². The fourth-order valence-electron chi connectivity index (χ4n) is 4.17. The highest BCUT2D eigenvalue weighted by Gasteiger charge is 2.47. The first-order chi connectivity index (χ1) is 18.1. The maximum Gasteiger partial charge on any atom is 0.573 e. The van der Waals surface area contributed by atoms with Crippen LogP contribution in [0.4, 0.5) is 18.9 Å². The highest BCUT2D eigenvalue weighted by molar-refractivity contribution is 6.51. The monoisotopic (exact) mass is 529 g/mol. The Morgan fingerprint density at radius 1 is 0.842 bits per heavy atom. The Labute approximate surface area is 215 Å². The molecule has 1 heterocycles. The fourth-order valence-corrected chi connectivity index (χ4v) is 4.17. The summed E-state index contributed by atoms with van der Waals surface area (Å²) < 4.78 is 57.6. The minimum absolute atomic E-state index is 0.112. The van der Waals surface area contributed by atoms with Gasteiger partial charge in [-0.3, -0.25) is 14.5 Å². The molecule has 0 saturated carbocycles. The highest BCUT2D eigenvalue weighted by atomic mass is 19.4. The lowest BCUT2D eigenvalue weighted by molar-refractivity contribution is -0.274. The Balaban J connectivity index is 1.88. The van der Waals surface area contributed by atoms with Crippen LogP contribution in [0, 0.1) is 0 Å². The van der Waals surface area contributed by atoms with Crippen LogP contribution in [0.1, 0.15) is 17.2 Å². The summed E-state index contributed by atoms with van der Waals surface area (Å²) in [5.74, 6) is -1.85. The summed E-state index contributed by atoms with van der Waals surface area (Å²) in [7, 11) is 4.29.